The van der Waals surface area contributed by atoms with Crippen LogP contribution in [0.5, 0.6) is 0 Å². The number of alkyl halides is 2. The predicted octanol–water partition coefficient (Wildman–Crippen LogP) is 2.56. The second kappa shape index (κ2) is 7.66. The Kier molecular flexibility index (Phi) is 6.00. The first-order valence-corrected chi connectivity index (χ1v) is 8.12. The van der Waals surface area contributed by atoms with Crippen LogP contribution in [0.2, 0.25) is 0 Å². The number of rotatable bonds is 5. The van der Waals surface area contributed by atoms with Crippen LogP contribution >= 0.6 is 12.4 Å². The van der Waals surface area contributed by atoms with E-state index in [0.29, 0.717) is 18.3 Å². The summed E-state index contributed by atoms with van der Waals surface area (Å²) in [6.45, 7) is 1.65. The summed E-state index contributed by atoms with van der Waals surface area (Å²) >= 11 is 0. The van der Waals surface area contributed by atoms with E-state index in [0.717, 1.165) is 18.4 Å². The summed E-state index contributed by atoms with van der Waals surface area (Å²) in [5.74, 6) is -3.23. The highest BCUT2D eigenvalue weighted by atomic mass is 35.5. The lowest BCUT2D eigenvalue weighted by Crippen LogP contribution is -2.35. The number of anilines is 1. The minimum Gasteiger partial charge on any atom is -0.336 e. The van der Waals surface area contributed by atoms with Crippen molar-refractivity contribution in [1.29, 1.82) is 0 Å². The maximum Gasteiger partial charge on any atom is 0.262 e. The quantitative estimate of drug-likeness (QED) is 0.833. The molecule has 0 spiro atoms. The van der Waals surface area contributed by atoms with Gasteiger partial charge in [-0.3, -0.25) is 14.9 Å². The fraction of sp³-hybridized carbons (Fsp3) is 0.529. The van der Waals surface area contributed by atoms with Gasteiger partial charge in [0.05, 0.1) is 12.6 Å². The molecule has 1 aliphatic heterocycles. The SMILES string of the molecule is CC(=O)N(Cc1ccc(NC(=O)C2CC(F)(F)CN2)cc1)C1CC1.Cl. The van der Waals surface area contributed by atoms with Gasteiger partial charge in [0.2, 0.25) is 11.8 Å². The number of amides is 2. The summed E-state index contributed by atoms with van der Waals surface area (Å²) in [5.41, 5.74) is 1.53. The molecule has 1 unspecified atom stereocenters. The first kappa shape index (κ1) is 19.6. The summed E-state index contributed by atoms with van der Waals surface area (Å²) in [5, 5.41) is 5.17. The molecule has 1 heterocycles. The zero-order valence-electron chi connectivity index (χ0n) is 13.9. The average Bonchev–Trinajstić information content (AvgIpc) is 3.29. The number of carbonyl (C=O) groups is 2. The van der Waals surface area contributed by atoms with Crippen LogP contribution in [-0.4, -0.2) is 41.3 Å². The van der Waals surface area contributed by atoms with Crippen LogP contribution in [0.1, 0.15) is 31.7 Å². The van der Waals surface area contributed by atoms with Crippen molar-refractivity contribution in [3.8, 4) is 0 Å². The lowest BCUT2D eigenvalue weighted by Gasteiger charge is -2.20. The lowest BCUT2D eigenvalue weighted by atomic mass is 10.1. The maximum absolute atomic E-state index is 13.1. The van der Waals surface area contributed by atoms with Crippen molar-refractivity contribution in [2.45, 2.75) is 50.7 Å². The molecule has 2 N–H and O–H groups in total. The Labute approximate surface area is 151 Å². The standard InChI is InChI=1S/C17H21F2N3O2.ClH/c1-11(23)22(14-6-7-14)9-12-2-4-13(5-3-12)21-16(24)15-8-17(18,19)10-20-15;/h2-5,14-15,20H,6-10H2,1H3,(H,21,24);1H. The minimum atomic E-state index is -2.83. The largest absolute Gasteiger partial charge is 0.336 e. The molecule has 1 saturated carbocycles. The van der Waals surface area contributed by atoms with E-state index in [1.165, 1.54) is 0 Å². The number of hydrogen-bond acceptors (Lipinski definition) is 3. The first-order valence-electron chi connectivity index (χ1n) is 8.12. The Bertz CT molecular complexity index is 635. The van der Waals surface area contributed by atoms with Crippen LogP contribution in [0.15, 0.2) is 24.3 Å². The van der Waals surface area contributed by atoms with E-state index in [1.807, 2.05) is 17.0 Å². The molecule has 0 radical (unpaired) electrons. The average molecular weight is 374 g/mol. The van der Waals surface area contributed by atoms with Crippen LogP contribution in [0.3, 0.4) is 0 Å². The number of hydrogen-bond donors (Lipinski definition) is 2. The van der Waals surface area contributed by atoms with Crippen LogP contribution in [0.25, 0.3) is 0 Å². The van der Waals surface area contributed by atoms with Gasteiger partial charge in [0.15, 0.2) is 0 Å². The van der Waals surface area contributed by atoms with Crippen LogP contribution in [0, 0.1) is 0 Å². The lowest BCUT2D eigenvalue weighted by molar-refractivity contribution is -0.130. The van der Waals surface area contributed by atoms with Crippen LogP contribution in [-0.2, 0) is 16.1 Å². The van der Waals surface area contributed by atoms with Gasteiger partial charge >= 0.3 is 0 Å². The zero-order valence-corrected chi connectivity index (χ0v) is 14.7. The summed E-state index contributed by atoms with van der Waals surface area (Å²) in [7, 11) is 0. The molecule has 1 atom stereocenters. The van der Waals surface area contributed by atoms with E-state index >= 15 is 0 Å². The van der Waals surface area contributed by atoms with Crippen molar-refractivity contribution in [2.24, 2.45) is 0 Å². The Morgan fingerprint density at radius 2 is 1.92 bits per heavy atom. The molecule has 1 aromatic carbocycles. The van der Waals surface area contributed by atoms with Crippen molar-refractivity contribution in [3.63, 3.8) is 0 Å². The number of nitrogens with zero attached hydrogens (tertiary/aromatic N) is 1. The van der Waals surface area contributed by atoms with Crippen molar-refractivity contribution in [1.82, 2.24) is 10.2 Å². The molecule has 5 nitrogen and oxygen atoms in total. The van der Waals surface area contributed by atoms with E-state index in [4.69, 9.17) is 0 Å². The molecule has 1 aromatic rings. The van der Waals surface area contributed by atoms with Gasteiger partial charge in [0, 0.05) is 31.6 Å². The number of halogens is 3. The molecule has 3 rings (SSSR count). The van der Waals surface area contributed by atoms with Gasteiger partial charge in [0.25, 0.3) is 5.92 Å². The molecule has 0 aromatic heterocycles. The van der Waals surface area contributed by atoms with Crippen molar-refractivity contribution < 1.29 is 18.4 Å². The van der Waals surface area contributed by atoms with E-state index < -0.39 is 30.8 Å². The third-order valence-electron chi connectivity index (χ3n) is 4.39. The van der Waals surface area contributed by atoms with Gasteiger partial charge in [0.1, 0.15) is 0 Å². The molecule has 25 heavy (non-hydrogen) atoms. The Hall–Kier alpha value is -1.73. The van der Waals surface area contributed by atoms with E-state index in [1.54, 1.807) is 19.1 Å². The molecule has 2 fully saturated rings. The molecule has 0 bridgehead atoms. The van der Waals surface area contributed by atoms with Gasteiger partial charge in [-0.25, -0.2) is 8.78 Å². The third kappa shape index (κ3) is 5.12. The molecular formula is C17H22ClF2N3O2. The fourth-order valence-corrected chi connectivity index (χ4v) is 2.90. The molecule has 1 aliphatic carbocycles. The van der Waals surface area contributed by atoms with Gasteiger partial charge in [-0.1, -0.05) is 12.1 Å². The van der Waals surface area contributed by atoms with E-state index in [9.17, 15) is 18.4 Å². The Balaban J connectivity index is 0.00000225. The normalized spacial score (nSPS) is 21.3. The predicted molar refractivity (Wildman–Crippen MR) is 92.9 cm³/mol. The van der Waals surface area contributed by atoms with Crippen molar-refractivity contribution >= 4 is 29.9 Å². The van der Waals surface area contributed by atoms with Crippen LogP contribution in [0.4, 0.5) is 14.5 Å². The van der Waals surface area contributed by atoms with Gasteiger partial charge in [-0.05, 0) is 30.5 Å². The van der Waals surface area contributed by atoms with E-state index in [-0.39, 0.29) is 18.3 Å². The monoisotopic (exact) mass is 373 g/mol. The molecule has 2 aliphatic rings. The fourth-order valence-electron chi connectivity index (χ4n) is 2.90. The second-order valence-corrected chi connectivity index (χ2v) is 6.56. The highest BCUT2D eigenvalue weighted by molar-refractivity contribution is 5.95. The highest BCUT2D eigenvalue weighted by Crippen LogP contribution is 2.29. The minimum absolute atomic E-state index is 0. The zero-order chi connectivity index (χ0) is 17.3. The smallest absolute Gasteiger partial charge is 0.262 e. The molecule has 1 saturated heterocycles. The number of benzene rings is 1. The third-order valence-corrected chi connectivity index (χ3v) is 4.39. The molecule has 8 heteroatoms. The van der Waals surface area contributed by atoms with E-state index in [2.05, 4.69) is 10.6 Å². The Morgan fingerprint density at radius 3 is 2.40 bits per heavy atom. The van der Waals surface area contributed by atoms with Crippen molar-refractivity contribution in [3.05, 3.63) is 29.8 Å². The van der Waals surface area contributed by atoms with Crippen molar-refractivity contribution in [2.75, 3.05) is 11.9 Å². The summed E-state index contributed by atoms with van der Waals surface area (Å²) in [6, 6.07) is 6.60. The molecule has 138 valence electrons. The maximum atomic E-state index is 13.1. The summed E-state index contributed by atoms with van der Waals surface area (Å²) < 4.78 is 26.3. The number of nitrogens with one attached hydrogen (secondary N) is 2. The molecule has 2 amide bonds. The van der Waals surface area contributed by atoms with Gasteiger partial charge < -0.3 is 10.2 Å². The second-order valence-electron chi connectivity index (χ2n) is 6.56. The van der Waals surface area contributed by atoms with Gasteiger partial charge in [-0.15, -0.1) is 12.4 Å². The number of carbonyl (C=O) groups excluding carboxylic acids is 2. The summed E-state index contributed by atoms with van der Waals surface area (Å²) in [6.07, 6.45) is 1.62. The van der Waals surface area contributed by atoms with Crippen LogP contribution < -0.4 is 10.6 Å². The topological polar surface area (TPSA) is 61.4 Å². The Morgan fingerprint density at radius 1 is 1.28 bits per heavy atom. The first-order chi connectivity index (χ1) is 11.3. The molecular weight excluding hydrogens is 352 g/mol. The summed E-state index contributed by atoms with van der Waals surface area (Å²) in [4.78, 5) is 25.5. The van der Waals surface area contributed by atoms with Gasteiger partial charge in [-0.2, -0.15) is 0 Å². The highest BCUT2D eigenvalue weighted by Gasteiger charge is 2.42.